The van der Waals surface area contributed by atoms with Crippen molar-refractivity contribution in [3.63, 3.8) is 0 Å². The number of alkyl carbamates (subject to hydrolysis) is 1. The van der Waals surface area contributed by atoms with Crippen LogP contribution in [0.5, 0.6) is 0 Å². The van der Waals surface area contributed by atoms with Gasteiger partial charge >= 0.3 is 6.09 Å². The molecule has 0 aliphatic rings. The molecular formula is C16H19NO3. The molecular weight excluding hydrogens is 254 g/mol. The van der Waals surface area contributed by atoms with Gasteiger partial charge < -0.3 is 14.5 Å². The van der Waals surface area contributed by atoms with Crippen LogP contribution in [0.1, 0.15) is 26.3 Å². The van der Waals surface area contributed by atoms with Gasteiger partial charge in [0.15, 0.2) is 0 Å². The van der Waals surface area contributed by atoms with Gasteiger partial charge in [0, 0.05) is 11.9 Å². The standard InChI is InChI=1S/C16H19NO3/c1-16(2,3)20-15(18)17-9-4-5-12-6-7-14-13(11-12)8-10-19-14/h4-8,10-11H,9H2,1-3H3,(H,17,18). The van der Waals surface area contributed by atoms with Crippen molar-refractivity contribution in [2.45, 2.75) is 26.4 Å². The van der Waals surface area contributed by atoms with Gasteiger partial charge in [-0.3, -0.25) is 0 Å². The first-order chi connectivity index (χ1) is 9.44. The number of amides is 1. The molecule has 4 heteroatoms. The molecule has 1 N–H and O–H groups in total. The van der Waals surface area contributed by atoms with Crippen LogP contribution in [-0.2, 0) is 4.74 Å². The van der Waals surface area contributed by atoms with Crippen LogP contribution in [-0.4, -0.2) is 18.2 Å². The van der Waals surface area contributed by atoms with Gasteiger partial charge in [-0.15, -0.1) is 0 Å². The average molecular weight is 273 g/mol. The average Bonchev–Trinajstić information content (AvgIpc) is 2.79. The molecule has 2 rings (SSSR count). The maximum Gasteiger partial charge on any atom is 0.407 e. The summed E-state index contributed by atoms with van der Waals surface area (Å²) < 4.78 is 10.4. The fourth-order valence-electron chi connectivity index (χ4n) is 1.74. The number of rotatable bonds is 3. The van der Waals surface area contributed by atoms with Crippen LogP contribution in [0.4, 0.5) is 4.79 Å². The molecule has 0 atom stereocenters. The van der Waals surface area contributed by atoms with Crippen LogP contribution in [0.2, 0.25) is 0 Å². The molecule has 0 aliphatic heterocycles. The summed E-state index contributed by atoms with van der Waals surface area (Å²) in [6.45, 7) is 5.94. The molecule has 0 saturated heterocycles. The van der Waals surface area contributed by atoms with Crippen LogP contribution < -0.4 is 5.32 Å². The minimum atomic E-state index is -0.472. The van der Waals surface area contributed by atoms with Crippen LogP contribution in [0, 0.1) is 0 Å². The van der Waals surface area contributed by atoms with Crippen molar-refractivity contribution >= 4 is 23.1 Å². The van der Waals surface area contributed by atoms with Crippen LogP contribution in [0.25, 0.3) is 17.0 Å². The van der Waals surface area contributed by atoms with E-state index in [9.17, 15) is 4.79 Å². The van der Waals surface area contributed by atoms with Crippen molar-refractivity contribution in [2.75, 3.05) is 6.54 Å². The first-order valence-electron chi connectivity index (χ1n) is 6.55. The molecule has 2 aromatic rings. The third-order valence-electron chi connectivity index (χ3n) is 2.55. The third kappa shape index (κ3) is 4.16. The molecule has 0 unspecified atom stereocenters. The number of carbonyl (C=O) groups excluding carboxylic acids is 1. The molecule has 0 saturated carbocycles. The second-order valence-electron chi connectivity index (χ2n) is 5.50. The topological polar surface area (TPSA) is 51.5 Å². The minimum Gasteiger partial charge on any atom is -0.464 e. The summed E-state index contributed by atoms with van der Waals surface area (Å²) in [5.41, 5.74) is 1.46. The van der Waals surface area contributed by atoms with E-state index in [0.717, 1.165) is 16.5 Å². The zero-order valence-corrected chi connectivity index (χ0v) is 12.0. The number of ether oxygens (including phenoxy) is 1. The second kappa shape index (κ2) is 5.82. The number of fused-ring (bicyclic) bond motifs is 1. The lowest BCUT2D eigenvalue weighted by Gasteiger charge is -2.19. The van der Waals surface area contributed by atoms with Gasteiger partial charge in [-0.25, -0.2) is 4.79 Å². The Morgan fingerprint density at radius 3 is 2.90 bits per heavy atom. The second-order valence-corrected chi connectivity index (χ2v) is 5.50. The summed E-state index contributed by atoms with van der Waals surface area (Å²) in [7, 11) is 0. The lowest BCUT2D eigenvalue weighted by Crippen LogP contribution is -2.32. The number of hydrogen-bond donors (Lipinski definition) is 1. The molecule has 20 heavy (non-hydrogen) atoms. The van der Waals surface area contributed by atoms with Gasteiger partial charge in [-0.05, 0) is 44.5 Å². The Labute approximate surface area is 118 Å². The van der Waals surface area contributed by atoms with E-state index in [0.29, 0.717) is 6.54 Å². The first-order valence-corrected chi connectivity index (χ1v) is 6.55. The van der Waals surface area contributed by atoms with Crippen LogP contribution >= 0.6 is 0 Å². The van der Waals surface area contributed by atoms with Gasteiger partial charge in [-0.1, -0.05) is 18.2 Å². The van der Waals surface area contributed by atoms with E-state index in [1.54, 1.807) is 6.26 Å². The van der Waals surface area contributed by atoms with E-state index >= 15 is 0 Å². The van der Waals surface area contributed by atoms with Crippen molar-refractivity contribution in [3.8, 4) is 0 Å². The lowest BCUT2D eigenvalue weighted by atomic mass is 10.1. The summed E-state index contributed by atoms with van der Waals surface area (Å²) in [6.07, 6.45) is 5.09. The van der Waals surface area contributed by atoms with E-state index < -0.39 is 11.7 Å². The summed E-state index contributed by atoms with van der Waals surface area (Å²) in [5, 5.41) is 3.74. The minimum absolute atomic E-state index is 0.410. The fourth-order valence-corrected chi connectivity index (χ4v) is 1.74. The Bertz CT molecular complexity index is 620. The number of carbonyl (C=O) groups is 1. The van der Waals surface area contributed by atoms with Gasteiger partial charge in [0.05, 0.1) is 6.26 Å². The maximum absolute atomic E-state index is 11.4. The van der Waals surface area contributed by atoms with E-state index in [-0.39, 0.29) is 0 Å². The van der Waals surface area contributed by atoms with E-state index in [1.165, 1.54) is 0 Å². The van der Waals surface area contributed by atoms with Crippen LogP contribution in [0.15, 0.2) is 41.0 Å². The Balaban J connectivity index is 1.85. The van der Waals surface area contributed by atoms with Crippen molar-refractivity contribution in [1.29, 1.82) is 0 Å². The summed E-state index contributed by atoms with van der Waals surface area (Å²) in [6, 6.07) is 7.85. The Hall–Kier alpha value is -2.23. The number of furan rings is 1. The zero-order chi connectivity index (χ0) is 14.6. The molecule has 106 valence electrons. The first kappa shape index (κ1) is 14.2. The molecule has 1 heterocycles. The highest BCUT2D eigenvalue weighted by Crippen LogP contribution is 2.17. The largest absolute Gasteiger partial charge is 0.464 e. The van der Waals surface area contributed by atoms with E-state index in [2.05, 4.69) is 5.32 Å². The van der Waals surface area contributed by atoms with Gasteiger partial charge in [-0.2, -0.15) is 0 Å². The Morgan fingerprint density at radius 1 is 1.35 bits per heavy atom. The number of hydrogen-bond acceptors (Lipinski definition) is 3. The predicted molar refractivity (Wildman–Crippen MR) is 79.5 cm³/mol. The zero-order valence-electron chi connectivity index (χ0n) is 12.0. The molecule has 4 nitrogen and oxygen atoms in total. The molecule has 0 spiro atoms. The summed E-state index contributed by atoms with van der Waals surface area (Å²) in [4.78, 5) is 11.4. The lowest BCUT2D eigenvalue weighted by molar-refractivity contribution is 0.0534. The highest BCUT2D eigenvalue weighted by atomic mass is 16.6. The fraction of sp³-hybridized carbons (Fsp3) is 0.312. The number of benzene rings is 1. The molecule has 0 bridgehead atoms. The smallest absolute Gasteiger partial charge is 0.407 e. The van der Waals surface area contributed by atoms with Crippen molar-refractivity contribution in [1.82, 2.24) is 5.32 Å². The van der Waals surface area contributed by atoms with Crippen LogP contribution in [0.3, 0.4) is 0 Å². The third-order valence-corrected chi connectivity index (χ3v) is 2.55. The molecule has 1 aromatic carbocycles. The Morgan fingerprint density at radius 2 is 2.15 bits per heavy atom. The highest BCUT2D eigenvalue weighted by Gasteiger charge is 2.14. The highest BCUT2D eigenvalue weighted by molar-refractivity contribution is 5.80. The maximum atomic E-state index is 11.4. The molecule has 0 fully saturated rings. The van der Waals surface area contributed by atoms with Gasteiger partial charge in [0.2, 0.25) is 0 Å². The van der Waals surface area contributed by atoms with E-state index in [4.69, 9.17) is 9.15 Å². The quantitative estimate of drug-likeness (QED) is 0.920. The van der Waals surface area contributed by atoms with Gasteiger partial charge in [0.1, 0.15) is 11.2 Å². The van der Waals surface area contributed by atoms with Crippen molar-refractivity contribution in [3.05, 3.63) is 42.2 Å². The summed E-state index contributed by atoms with van der Waals surface area (Å²) in [5.74, 6) is 0. The molecule has 1 aromatic heterocycles. The normalized spacial score (nSPS) is 11.9. The van der Waals surface area contributed by atoms with Crippen molar-refractivity contribution < 1.29 is 13.9 Å². The molecule has 1 amide bonds. The predicted octanol–water partition coefficient (Wildman–Crippen LogP) is 3.97. The monoisotopic (exact) mass is 273 g/mol. The SMILES string of the molecule is CC(C)(C)OC(=O)NCC=Cc1ccc2occc2c1. The van der Waals surface area contributed by atoms with E-state index in [1.807, 2.05) is 57.2 Å². The van der Waals surface area contributed by atoms with Crippen molar-refractivity contribution in [2.24, 2.45) is 0 Å². The van der Waals surface area contributed by atoms with Gasteiger partial charge in [0.25, 0.3) is 0 Å². The molecule has 0 aliphatic carbocycles. The number of nitrogens with one attached hydrogen (secondary N) is 1. The molecule has 0 radical (unpaired) electrons. The summed E-state index contributed by atoms with van der Waals surface area (Å²) >= 11 is 0. The Kier molecular flexibility index (Phi) is 4.13.